The molecule has 9 nitrogen and oxygen atoms in total. The van der Waals surface area contributed by atoms with Crippen LogP contribution in [0.5, 0.6) is 0 Å². The minimum atomic E-state index is -3.78. The summed E-state index contributed by atoms with van der Waals surface area (Å²) in [6.07, 6.45) is 1.78. The Bertz CT molecular complexity index is 1120. The Morgan fingerprint density at radius 2 is 1.92 bits per heavy atom. The lowest BCUT2D eigenvalue weighted by Gasteiger charge is -2.09. The van der Waals surface area contributed by atoms with E-state index in [1.165, 1.54) is 12.1 Å². The quantitative estimate of drug-likeness (QED) is 0.704. The second-order valence-electron chi connectivity index (χ2n) is 6.23. The van der Waals surface area contributed by atoms with Gasteiger partial charge in [-0.25, -0.2) is 23.5 Å². The van der Waals surface area contributed by atoms with E-state index in [-0.39, 0.29) is 16.7 Å². The highest BCUT2D eigenvalue weighted by Gasteiger charge is 2.30. The van der Waals surface area contributed by atoms with E-state index in [1.54, 1.807) is 29.6 Å². The summed E-state index contributed by atoms with van der Waals surface area (Å²) in [7, 11) is -3.78. The first-order chi connectivity index (χ1) is 12.3. The van der Waals surface area contributed by atoms with Crippen LogP contribution in [0.4, 0.5) is 5.82 Å². The van der Waals surface area contributed by atoms with Crippen LogP contribution in [0, 0.1) is 12.8 Å². The summed E-state index contributed by atoms with van der Waals surface area (Å²) in [6, 6.07) is 7.63. The number of amides is 1. The van der Waals surface area contributed by atoms with Crippen LogP contribution >= 0.6 is 0 Å². The molecule has 3 aromatic rings. The Morgan fingerprint density at radius 3 is 2.54 bits per heavy atom. The fourth-order valence-corrected chi connectivity index (χ4v) is 3.13. The molecule has 3 N–H and O–H groups in total. The number of anilines is 1. The molecule has 1 fully saturated rings. The number of fused-ring (bicyclic) bond motifs is 1. The Morgan fingerprint density at radius 1 is 1.23 bits per heavy atom. The van der Waals surface area contributed by atoms with Crippen molar-refractivity contribution in [3.8, 4) is 11.4 Å². The van der Waals surface area contributed by atoms with Gasteiger partial charge in [-0.3, -0.25) is 4.79 Å². The van der Waals surface area contributed by atoms with Gasteiger partial charge in [-0.2, -0.15) is 4.52 Å². The van der Waals surface area contributed by atoms with Crippen LogP contribution in [-0.4, -0.2) is 33.9 Å². The molecule has 0 saturated heterocycles. The summed E-state index contributed by atoms with van der Waals surface area (Å²) in [5.41, 5.74) is 1.16. The Labute approximate surface area is 149 Å². The second kappa shape index (κ2) is 5.85. The number of carbonyl (C=O) groups excluding carboxylic acids is 1. The summed E-state index contributed by atoms with van der Waals surface area (Å²) in [6.45, 7) is 1.75. The summed E-state index contributed by atoms with van der Waals surface area (Å²) in [5.74, 6) is 1.36. The lowest BCUT2D eigenvalue weighted by atomic mass is 10.2. The number of hydrogen-bond acceptors (Lipinski definition) is 6. The molecule has 134 valence electrons. The van der Waals surface area contributed by atoms with Crippen molar-refractivity contribution in [1.82, 2.24) is 19.6 Å². The summed E-state index contributed by atoms with van der Waals surface area (Å²) >= 11 is 0. The zero-order valence-corrected chi connectivity index (χ0v) is 14.7. The number of nitrogens with two attached hydrogens (primary N) is 1. The molecule has 0 radical (unpaired) electrons. The first-order valence-corrected chi connectivity index (χ1v) is 9.54. The number of aromatic nitrogens is 4. The van der Waals surface area contributed by atoms with Crippen molar-refractivity contribution in [3.63, 3.8) is 0 Å². The summed E-state index contributed by atoms with van der Waals surface area (Å²) in [5, 5.41) is 12.3. The SMILES string of the molecule is Cc1nc2cc(NC(=O)C3CC3)nc(-c3ccc(S(N)(=O)=O)cc3)n2n1. The molecule has 2 aromatic heterocycles. The second-order valence-corrected chi connectivity index (χ2v) is 7.79. The molecule has 26 heavy (non-hydrogen) atoms. The van der Waals surface area contributed by atoms with Crippen molar-refractivity contribution in [2.45, 2.75) is 24.7 Å². The van der Waals surface area contributed by atoms with E-state index in [9.17, 15) is 13.2 Å². The molecule has 1 aliphatic rings. The van der Waals surface area contributed by atoms with Gasteiger partial charge in [0.1, 0.15) is 11.6 Å². The van der Waals surface area contributed by atoms with Gasteiger partial charge in [0.25, 0.3) is 0 Å². The van der Waals surface area contributed by atoms with Crippen LogP contribution in [0.1, 0.15) is 18.7 Å². The molecule has 0 aliphatic heterocycles. The number of carbonyl (C=O) groups is 1. The van der Waals surface area contributed by atoms with Crippen LogP contribution in [0.3, 0.4) is 0 Å². The van der Waals surface area contributed by atoms with Crippen molar-refractivity contribution >= 4 is 27.4 Å². The van der Waals surface area contributed by atoms with Gasteiger partial charge in [0.2, 0.25) is 15.9 Å². The van der Waals surface area contributed by atoms with Crippen molar-refractivity contribution in [1.29, 1.82) is 0 Å². The minimum Gasteiger partial charge on any atom is -0.310 e. The van der Waals surface area contributed by atoms with Gasteiger partial charge in [0.15, 0.2) is 11.5 Å². The Hall–Kier alpha value is -2.85. The third-order valence-corrected chi connectivity index (χ3v) is 5.00. The number of benzene rings is 1. The van der Waals surface area contributed by atoms with Crippen molar-refractivity contribution in [3.05, 3.63) is 36.2 Å². The smallest absolute Gasteiger partial charge is 0.238 e. The zero-order valence-electron chi connectivity index (χ0n) is 13.9. The first-order valence-electron chi connectivity index (χ1n) is 8.00. The number of nitrogens with zero attached hydrogens (tertiary/aromatic N) is 4. The maximum atomic E-state index is 12.0. The number of aryl methyl sites for hydroxylation is 1. The Kier molecular flexibility index (Phi) is 3.74. The van der Waals surface area contributed by atoms with Gasteiger partial charge in [-0.05, 0) is 44.0 Å². The lowest BCUT2D eigenvalue weighted by Crippen LogP contribution is -2.15. The highest BCUT2D eigenvalue weighted by Crippen LogP contribution is 2.30. The third-order valence-electron chi connectivity index (χ3n) is 4.07. The first kappa shape index (κ1) is 16.6. The van der Waals surface area contributed by atoms with E-state index >= 15 is 0 Å². The van der Waals surface area contributed by atoms with E-state index in [0.29, 0.717) is 28.7 Å². The minimum absolute atomic E-state index is 0.00505. The van der Waals surface area contributed by atoms with E-state index in [0.717, 1.165) is 12.8 Å². The molecule has 1 aromatic carbocycles. The summed E-state index contributed by atoms with van der Waals surface area (Å²) < 4.78 is 24.4. The fourth-order valence-electron chi connectivity index (χ4n) is 2.62. The molecule has 4 rings (SSSR count). The normalized spacial score (nSPS) is 14.5. The number of hydrogen-bond donors (Lipinski definition) is 2. The molecule has 1 aliphatic carbocycles. The molecule has 0 atom stereocenters. The van der Waals surface area contributed by atoms with Crippen molar-refractivity contribution in [2.75, 3.05) is 5.32 Å². The van der Waals surface area contributed by atoms with Crippen LogP contribution in [0.2, 0.25) is 0 Å². The number of primary sulfonamides is 1. The van der Waals surface area contributed by atoms with Crippen molar-refractivity contribution < 1.29 is 13.2 Å². The monoisotopic (exact) mass is 372 g/mol. The average Bonchev–Trinajstić information content (AvgIpc) is 3.35. The lowest BCUT2D eigenvalue weighted by molar-refractivity contribution is -0.117. The van der Waals surface area contributed by atoms with E-state index in [4.69, 9.17) is 5.14 Å². The van der Waals surface area contributed by atoms with Crippen LogP contribution < -0.4 is 10.5 Å². The average molecular weight is 372 g/mol. The van der Waals surface area contributed by atoms with Gasteiger partial charge in [-0.1, -0.05) is 0 Å². The number of nitrogens with one attached hydrogen (secondary N) is 1. The molecule has 0 unspecified atom stereocenters. The molecule has 10 heteroatoms. The molecule has 0 bridgehead atoms. The predicted octanol–water partition coefficient (Wildman–Crippen LogP) is 1.10. The molecular formula is C16H16N6O3S. The zero-order chi connectivity index (χ0) is 18.5. The molecule has 0 spiro atoms. The van der Waals surface area contributed by atoms with Gasteiger partial charge in [-0.15, -0.1) is 5.10 Å². The fraction of sp³-hybridized carbons (Fsp3) is 0.250. The standard InChI is InChI=1S/C16H16N6O3S/c1-9-18-14-8-13(20-16(23)11-2-3-11)19-15(22(14)21-9)10-4-6-12(7-5-10)26(17,24)25/h4-8,11H,2-3H2,1H3,(H,20,23)(H2,17,24,25). The predicted molar refractivity (Wildman–Crippen MR) is 93.7 cm³/mol. The topological polar surface area (TPSA) is 132 Å². The highest BCUT2D eigenvalue weighted by molar-refractivity contribution is 7.89. The Balaban J connectivity index is 1.80. The van der Waals surface area contributed by atoms with Crippen molar-refractivity contribution in [2.24, 2.45) is 11.1 Å². The number of rotatable bonds is 4. The van der Waals surface area contributed by atoms with Crippen LogP contribution in [0.25, 0.3) is 17.0 Å². The van der Waals surface area contributed by atoms with Gasteiger partial charge < -0.3 is 5.32 Å². The van der Waals surface area contributed by atoms with Gasteiger partial charge in [0.05, 0.1) is 4.90 Å². The molecule has 2 heterocycles. The van der Waals surface area contributed by atoms with Gasteiger partial charge >= 0.3 is 0 Å². The third kappa shape index (κ3) is 3.16. The maximum Gasteiger partial charge on any atom is 0.238 e. The highest BCUT2D eigenvalue weighted by atomic mass is 32.2. The van der Waals surface area contributed by atoms with Gasteiger partial charge in [0, 0.05) is 17.5 Å². The summed E-state index contributed by atoms with van der Waals surface area (Å²) in [4.78, 5) is 20.9. The van der Waals surface area contributed by atoms with E-state index in [1.807, 2.05) is 0 Å². The maximum absolute atomic E-state index is 12.0. The number of sulfonamides is 1. The van der Waals surface area contributed by atoms with Crippen LogP contribution in [0.15, 0.2) is 35.2 Å². The van der Waals surface area contributed by atoms with Crippen LogP contribution in [-0.2, 0) is 14.8 Å². The molecular weight excluding hydrogens is 356 g/mol. The van der Waals surface area contributed by atoms with E-state index in [2.05, 4.69) is 20.4 Å². The molecule has 1 saturated carbocycles. The largest absolute Gasteiger partial charge is 0.310 e. The molecule has 1 amide bonds. The van der Waals surface area contributed by atoms with E-state index < -0.39 is 10.0 Å².